The molecule has 0 aromatic carbocycles. The monoisotopic (exact) mass is 332 g/mol. The maximum absolute atomic E-state index is 12.6. The third-order valence-corrected chi connectivity index (χ3v) is 6.46. The highest BCUT2D eigenvalue weighted by Gasteiger charge is 2.52. The van der Waals surface area contributed by atoms with Gasteiger partial charge in [-0.15, -0.1) is 0 Å². The lowest BCUT2D eigenvalue weighted by molar-refractivity contribution is -0.164. The van der Waals surface area contributed by atoms with E-state index in [-0.39, 0.29) is 35.8 Å². The zero-order valence-corrected chi connectivity index (χ0v) is 14.6. The van der Waals surface area contributed by atoms with Crippen molar-refractivity contribution < 1.29 is 19.1 Å². The molecule has 0 saturated heterocycles. The van der Waals surface area contributed by atoms with Crippen LogP contribution in [-0.2, 0) is 19.1 Å². The predicted octanol–water partition coefficient (Wildman–Crippen LogP) is 3.36. The van der Waals surface area contributed by atoms with Crippen LogP contribution in [0.3, 0.4) is 0 Å². The number of carbonyl (C=O) groups is 2. The number of rotatable bonds is 5. The van der Waals surface area contributed by atoms with Gasteiger partial charge in [0.05, 0.1) is 18.4 Å². The van der Waals surface area contributed by atoms with E-state index in [0.29, 0.717) is 30.3 Å². The van der Waals surface area contributed by atoms with Gasteiger partial charge in [0.25, 0.3) is 0 Å². The molecule has 4 bridgehead atoms. The van der Waals surface area contributed by atoms with Crippen molar-refractivity contribution in [1.82, 2.24) is 0 Å². The third-order valence-electron chi connectivity index (χ3n) is 6.46. The molecule has 0 aromatic rings. The summed E-state index contributed by atoms with van der Waals surface area (Å²) in [5.74, 6) is 1.87. The first-order valence-electron chi connectivity index (χ1n) is 9.56. The molecule has 0 heterocycles. The Labute approximate surface area is 144 Å². The minimum absolute atomic E-state index is 0.0290. The first-order valence-corrected chi connectivity index (χ1v) is 9.56. The Balaban J connectivity index is 1.34. The van der Waals surface area contributed by atoms with Crippen LogP contribution in [0.4, 0.5) is 0 Å². The molecule has 0 N–H and O–H groups in total. The van der Waals surface area contributed by atoms with Crippen LogP contribution in [0.15, 0.2) is 12.2 Å². The summed E-state index contributed by atoms with van der Waals surface area (Å²) in [5.41, 5.74) is 0. The fourth-order valence-corrected chi connectivity index (χ4v) is 5.34. The molecule has 4 aliphatic carbocycles. The molecule has 7 unspecified atom stereocenters. The number of hydrogen-bond acceptors (Lipinski definition) is 4. The molecular formula is C20H28O4. The van der Waals surface area contributed by atoms with Crippen molar-refractivity contribution in [1.29, 1.82) is 0 Å². The predicted molar refractivity (Wildman–Crippen MR) is 88.8 cm³/mol. The maximum Gasteiger partial charge on any atom is 0.309 e. The molecule has 7 atom stereocenters. The van der Waals surface area contributed by atoms with Gasteiger partial charge in [-0.25, -0.2) is 0 Å². The Morgan fingerprint density at radius 2 is 1.83 bits per heavy atom. The van der Waals surface area contributed by atoms with Gasteiger partial charge in [-0.3, -0.25) is 9.59 Å². The van der Waals surface area contributed by atoms with Crippen molar-refractivity contribution in [2.24, 2.45) is 41.4 Å². The summed E-state index contributed by atoms with van der Waals surface area (Å²) in [6, 6.07) is 0. The van der Waals surface area contributed by atoms with Gasteiger partial charge in [0.1, 0.15) is 6.10 Å². The summed E-state index contributed by atoms with van der Waals surface area (Å²) in [6.07, 6.45) is 9.26. The first kappa shape index (κ1) is 16.2. The van der Waals surface area contributed by atoms with Crippen molar-refractivity contribution in [3.05, 3.63) is 12.2 Å². The Kier molecular flexibility index (Phi) is 4.17. The quantitative estimate of drug-likeness (QED) is 0.572. The van der Waals surface area contributed by atoms with Crippen LogP contribution in [0, 0.1) is 41.4 Å². The van der Waals surface area contributed by atoms with E-state index < -0.39 is 0 Å². The van der Waals surface area contributed by atoms with Gasteiger partial charge in [-0.1, -0.05) is 26.0 Å². The minimum Gasteiger partial charge on any atom is -0.465 e. The molecule has 4 rings (SSSR count). The van der Waals surface area contributed by atoms with Gasteiger partial charge < -0.3 is 9.47 Å². The molecule has 0 radical (unpaired) electrons. The number of fused-ring (bicyclic) bond motifs is 4. The molecule has 3 saturated carbocycles. The molecule has 0 aromatic heterocycles. The van der Waals surface area contributed by atoms with Crippen LogP contribution in [-0.4, -0.2) is 24.6 Å². The summed E-state index contributed by atoms with van der Waals surface area (Å²) in [7, 11) is 0. The first-order chi connectivity index (χ1) is 11.5. The van der Waals surface area contributed by atoms with Crippen LogP contribution in [0.25, 0.3) is 0 Å². The molecule has 3 fully saturated rings. The standard InChI is InChI=1S/C20H28O4/c1-11(2)10-23-19(21)17-8-13-7-16(17)18(9-13)24-20(22)15-6-12-3-4-14(15)5-12/h3-4,11-18H,5-10H2,1-2H3. The summed E-state index contributed by atoms with van der Waals surface area (Å²) >= 11 is 0. The Morgan fingerprint density at radius 1 is 1.00 bits per heavy atom. The van der Waals surface area contributed by atoms with E-state index in [0.717, 1.165) is 32.1 Å². The van der Waals surface area contributed by atoms with Crippen molar-refractivity contribution in [3.63, 3.8) is 0 Å². The fraction of sp³-hybridized carbons (Fsp3) is 0.800. The highest BCUT2D eigenvalue weighted by molar-refractivity contribution is 5.75. The number of hydrogen-bond donors (Lipinski definition) is 0. The van der Waals surface area contributed by atoms with Gasteiger partial charge in [0.15, 0.2) is 0 Å². The Bertz CT molecular complexity index is 552. The summed E-state index contributed by atoms with van der Waals surface area (Å²) < 4.78 is 11.4. The van der Waals surface area contributed by atoms with Gasteiger partial charge in [0.2, 0.25) is 0 Å². The number of carbonyl (C=O) groups excluding carboxylic acids is 2. The summed E-state index contributed by atoms with van der Waals surface area (Å²) in [6.45, 7) is 4.57. The average Bonchev–Trinajstić information content (AvgIpc) is 3.31. The second-order valence-corrected chi connectivity index (χ2v) is 8.73. The van der Waals surface area contributed by atoms with Crippen molar-refractivity contribution in [2.45, 2.75) is 52.1 Å². The summed E-state index contributed by atoms with van der Waals surface area (Å²) in [5, 5.41) is 0. The molecular weight excluding hydrogens is 304 g/mol. The number of ether oxygens (including phenoxy) is 2. The Morgan fingerprint density at radius 3 is 2.46 bits per heavy atom. The van der Waals surface area contributed by atoms with E-state index in [1.54, 1.807) is 0 Å². The van der Waals surface area contributed by atoms with E-state index in [9.17, 15) is 9.59 Å². The van der Waals surface area contributed by atoms with E-state index in [1.165, 1.54) is 0 Å². The van der Waals surface area contributed by atoms with E-state index in [2.05, 4.69) is 12.2 Å². The second-order valence-electron chi connectivity index (χ2n) is 8.73. The van der Waals surface area contributed by atoms with Crippen molar-refractivity contribution in [2.75, 3.05) is 6.61 Å². The van der Waals surface area contributed by atoms with E-state index >= 15 is 0 Å². The maximum atomic E-state index is 12.6. The highest BCUT2D eigenvalue weighted by atomic mass is 16.5. The average molecular weight is 332 g/mol. The SMILES string of the molecule is CC(C)COC(=O)C1CC2CC(OC(=O)C3CC4C=CC3C4)C1C2. The van der Waals surface area contributed by atoms with Crippen LogP contribution in [0.5, 0.6) is 0 Å². The molecule has 4 nitrogen and oxygen atoms in total. The molecule has 4 aliphatic rings. The largest absolute Gasteiger partial charge is 0.465 e. The molecule has 132 valence electrons. The fourth-order valence-electron chi connectivity index (χ4n) is 5.34. The molecule has 24 heavy (non-hydrogen) atoms. The molecule has 0 spiro atoms. The van der Waals surface area contributed by atoms with Crippen molar-refractivity contribution >= 4 is 11.9 Å². The summed E-state index contributed by atoms with van der Waals surface area (Å²) in [4.78, 5) is 24.9. The lowest BCUT2D eigenvalue weighted by atomic mass is 9.86. The van der Waals surface area contributed by atoms with Crippen molar-refractivity contribution in [3.8, 4) is 0 Å². The Hall–Kier alpha value is -1.32. The molecule has 0 amide bonds. The zero-order valence-electron chi connectivity index (χ0n) is 14.6. The van der Waals surface area contributed by atoms with Crippen LogP contribution in [0.1, 0.15) is 46.0 Å². The molecule has 4 heteroatoms. The number of esters is 2. The van der Waals surface area contributed by atoms with Crippen LogP contribution >= 0.6 is 0 Å². The lowest BCUT2D eigenvalue weighted by Gasteiger charge is -2.29. The van der Waals surface area contributed by atoms with Gasteiger partial charge in [-0.05, 0) is 55.8 Å². The number of allylic oxidation sites excluding steroid dienone is 2. The minimum atomic E-state index is -0.0835. The lowest BCUT2D eigenvalue weighted by Crippen LogP contribution is -2.36. The zero-order chi connectivity index (χ0) is 16.8. The second kappa shape index (κ2) is 6.20. The van der Waals surface area contributed by atoms with Crippen LogP contribution < -0.4 is 0 Å². The smallest absolute Gasteiger partial charge is 0.309 e. The third kappa shape index (κ3) is 2.89. The van der Waals surface area contributed by atoms with Gasteiger partial charge in [-0.2, -0.15) is 0 Å². The van der Waals surface area contributed by atoms with Gasteiger partial charge >= 0.3 is 11.9 Å². The topological polar surface area (TPSA) is 52.6 Å². The van der Waals surface area contributed by atoms with Crippen LogP contribution in [0.2, 0.25) is 0 Å². The normalized spacial score (nSPS) is 42.0. The van der Waals surface area contributed by atoms with E-state index in [4.69, 9.17) is 9.47 Å². The van der Waals surface area contributed by atoms with E-state index in [1.807, 2.05) is 13.8 Å². The van der Waals surface area contributed by atoms with Gasteiger partial charge in [0, 0.05) is 5.92 Å². The highest BCUT2D eigenvalue weighted by Crippen LogP contribution is 2.51. The molecule has 0 aliphatic heterocycles.